The molecule has 110 valence electrons. The Morgan fingerprint density at radius 2 is 1.30 bits per heavy atom. The molecule has 0 unspecified atom stereocenters. The summed E-state index contributed by atoms with van der Waals surface area (Å²) >= 11 is 0. The van der Waals surface area contributed by atoms with E-state index in [1.165, 1.54) is 32.3 Å². The Hall–Kier alpha value is -3.00. The Morgan fingerprint density at radius 3 is 2.00 bits per heavy atom. The molecule has 0 spiro atoms. The van der Waals surface area contributed by atoms with Gasteiger partial charge in [-0.2, -0.15) is 0 Å². The van der Waals surface area contributed by atoms with Gasteiger partial charge in [-0.25, -0.2) is 0 Å². The summed E-state index contributed by atoms with van der Waals surface area (Å²) in [6.45, 7) is 0. The molecule has 0 heterocycles. The molecule has 2 N–H and O–H groups in total. The van der Waals surface area contributed by atoms with Gasteiger partial charge in [0.2, 0.25) is 0 Å². The molecule has 2 heteroatoms. The van der Waals surface area contributed by atoms with Crippen molar-refractivity contribution in [2.24, 2.45) is 0 Å². The Kier molecular flexibility index (Phi) is 2.32. The minimum atomic E-state index is 0.717. The summed E-state index contributed by atoms with van der Waals surface area (Å²) in [6, 6.07) is 21.3. The zero-order chi connectivity index (χ0) is 15.6. The summed E-state index contributed by atoms with van der Waals surface area (Å²) in [4.78, 5) is 0. The van der Waals surface area contributed by atoms with E-state index in [1.807, 2.05) is 6.07 Å². The van der Waals surface area contributed by atoms with Crippen molar-refractivity contribution in [1.82, 2.24) is 0 Å². The number of nitrogens with two attached hydrogens (primary N) is 1. The zero-order valence-electron chi connectivity index (χ0n) is 12.8. The number of anilines is 1. The summed E-state index contributed by atoms with van der Waals surface area (Å²) in [5.74, 6) is 0.737. The molecule has 5 aromatic rings. The van der Waals surface area contributed by atoms with Crippen LogP contribution in [0.5, 0.6) is 5.75 Å². The number of benzene rings is 5. The molecule has 0 aromatic heterocycles. The van der Waals surface area contributed by atoms with Crippen molar-refractivity contribution in [2.75, 3.05) is 12.8 Å². The van der Waals surface area contributed by atoms with Crippen LogP contribution < -0.4 is 10.5 Å². The van der Waals surface area contributed by atoms with Crippen LogP contribution in [0, 0.1) is 0 Å². The van der Waals surface area contributed by atoms with Gasteiger partial charge in [0.25, 0.3) is 0 Å². The number of methoxy groups -OCH3 is 1. The van der Waals surface area contributed by atoms with Crippen LogP contribution >= 0.6 is 0 Å². The predicted octanol–water partition coefficient (Wildman–Crippen LogP) is 5.33. The van der Waals surface area contributed by atoms with Gasteiger partial charge in [-0.1, -0.05) is 54.6 Å². The van der Waals surface area contributed by atoms with E-state index in [1.54, 1.807) is 7.11 Å². The van der Waals surface area contributed by atoms with Gasteiger partial charge in [0, 0.05) is 5.39 Å². The summed E-state index contributed by atoms with van der Waals surface area (Å²) in [7, 11) is 1.67. The van der Waals surface area contributed by atoms with Gasteiger partial charge >= 0.3 is 0 Å². The van der Waals surface area contributed by atoms with E-state index in [-0.39, 0.29) is 0 Å². The number of hydrogen-bond acceptors (Lipinski definition) is 2. The van der Waals surface area contributed by atoms with Crippen LogP contribution in [-0.4, -0.2) is 7.11 Å². The lowest BCUT2D eigenvalue weighted by Crippen LogP contribution is -1.96. The summed E-state index contributed by atoms with van der Waals surface area (Å²) in [6.07, 6.45) is 0. The van der Waals surface area contributed by atoms with Gasteiger partial charge in [-0.15, -0.1) is 0 Å². The molecule has 0 aliphatic carbocycles. The SMILES string of the molecule is COc1cc2cccc3c4cccc5cccc(c(c1N)c23)c54. The third kappa shape index (κ3) is 1.48. The lowest BCUT2D eigenvalue weighted by Gasteiger charge is -2.17. The monoisotopic (exact) mass is 297 g/mol. The molecule has 0 amide bonds. The highest BCUT2D eigenvalue weighted by Crippen LogP contribution is 2.45. The average Bonchev–Trinajstić information content (AvgIpc) is 2.60. The fourth-order valence-corrected chi connectivity index (χ4v) is 3.89. The molecular weight excluding hydrogens is 282 g/mol. The van der Waals surface area contributed by atoms with Crippen molar-refractivity contribution < 1.29 is 4.74 Å². The number of hydrogen-bond donors (Lipinski definition) is 1. The topological polar surface area (TPSA) is 35.2 Å². The molecule has 0 aliphatic heterocycles. The van der Waals surface area contributed by atoms with Crippen LogP contribution in [-0.2, 0) is 0 Å². The Balaban J connectivity index is 2.26. The van der Waals surface area contributed by atoms with Crippen molar-refractivity contribution in [3.8, 4) is 5.75 Å². The molecule has 0 saturated heterocycles. The van der Waals surface area contributed by atoms with Crippen LogP contribution in [0.4, 0.5) is 5.69 Å². The van der Waals surface area contributed by atoms with Crippen molar-refractivity contribution in [1.29, 1.82) is 0 Å². The molecule has 23 heavy (non-hydrogen) atoms. The normalized spacial score (nSPS) is 11.9. The second-order valence-electron chi connectivity index (χ2n) is 5.98. The highest BCUT2D eigenvalue weighted by molar-refractivity contribution is 6.35. The molecule has 0 radical (unpaired) electrons. The Labute approximate surface area is 133 Å². The zero-order valence-corrected chi connectivity index (χ0v) is 12.8. The third-order valence-electron chi connectivity index (χ3n) is 4.85. The van der Waals surface area contributed by atoms with Gasteiger partial charge in [0.15, 0.2) is 0 Å². The van der Waals surface area contributed by atoms with Crippen molar-refractivity contribution in [2.45, 2.75) is 0 Å². The lowest BCUT2D eigenvalue weighted by atomic mass is 9.89. The van der Waals surface area contributed by atoms with E-state index in [2.05, 4.69) is 54.6 Å². The Bertz CT molecular complexity index is 1200. The first-order valence-corrected chi connectivity index (χ1v) is 7.71. The minimum Gasteiger partial charge on any atom is -0.495 e. The van der Waals surface area contributed by atoms with Gasteiger partial charge in [-0.3, -0.25) is 0 Å². The van der Waals surface area contributed by atoms with Crippen LogP contribution in [0.15, 0.2) is 60.7 Å². The molecule has 2 nitrogen and oxygen atoms in total. The van der Waals surface area contributed by atoms with Crippen LogP contribution in [0.1, 0.15) is 0 Å². The molecule has 0 aliphatic rings. The summed E-state index contributed by atoms with van der Waals surface area (Å²) in [5, 5.41) is 9.71. The fraction of sp³-hybridized carbons (Fsp3) is 0.0476. The fourth-order valence-electron chi connectivity index (χ4n) is 3.89. The minimum absolute atomic E-state index is 0.717. The number of nitrogen functional groups attached to an aromatic ring is 1. The van der Waals surface area contributed by atoms with Crippen LogP contribution in [0.25, 0.3) is 43.1 Å². The first-order valence-electron chi connectivity index (χ1n) is 7.71. The van der Waals surface area contributed by atoms with Crippen LogP contribution in [0.3, 0.4) is 0 Å². The Morgan fingerprint density at radius 1 is 0.696 bits per heavy atom. The third-order valence-corrected chi connectivity index (χ3v) is 4.85. The van der Waals surface area contributed by atoms with E-state index < -0.39 is 0 Å². The molecule has 5 aromatic carbocycles. The number of fused-ring (bicyclic) bond motifs is 2. The predicted molar refractivity (Wildman–Crippen MR) is 98.6 cm³/mol. The molecule has 0 bridgehead atoms. The number of rotatable bonds is 1. The highest BCUT2D eigenvalue weighted by atomic mass is 16.5. The number of ether oxygens (including phenoxy) is 1. The maximum atomic E-state index is 6.48. The molecular formula is C21H15NO. The van der Waals surface area contributed by atoms with Crippen molar-refractivity contribution in [3.05, 3.63) is 60.7 Å². The first kappa shape index (κ1) is 12.5. The van der Waals surface area contributed by atoms with Gasteiger partial charge in [0.05, 0.1) is 12.8 Å². The maximum absolute atomic E-state index is 6.48. The van der Waals surface area contributed by atoms with Gasteiger partial charge in [-0.05, 0) is 43.8 Å². The maximum Gasteiger partial charge on any atom is 0.143 e. The van der Waals surface area contributed by atoms with Gasteiger partial charge in [0.1, 0.15) is 5.75 Å². The highest BCUT2D eigenvalue weighted by Gasteiger charge is 2.16. The van der Waals surface area contributed by atoms with E-state index in [4.69, 9.17) is 10.5 Å². The molecule has 0 fully saturated rings. The quantitative estimate of drug-likeness (QED) is 0.258. The molecule has 0 atom stereocenters. The average molecular weight is 297 g/mol. The second-order valence-corrected chi connectivity index (χ2v) is 5.98. The standard InChI is InChI=1S/C21H15NO/c1-23-17-11-13-7-4-9-15-14-8-2-5-12-6-3-10-16(18(12)14)20(19(13)15)21(17)22/h2-11H,22H2,1H3. The smallest absolute Gasteiger partial charge is 0.143 e. The molecule has 5 rings (SSSR count). The van der Waals surface area contributed by atoms with E-state index in [0.717, 1.165) is 22.2 Å². The van der Waals surface area contributed by atoms with Crippen LogP contribution in [0.2, 0.25) is 0 Å². The van der Waals surface area contributed by atoms with Crippen molar-refractivity contribution in [3.63, 3.8) is 0 Å². The van der Waals surface area contributed by atoms with E-state index in [0.29, 0.717) is 0 Å². The van der Waals surface area contributed by atoms with E-state index in [9.17, 15) is 0 Å². The molecule has 0 saturated carbocycles. The van der Waals surface area contributed by atoms with E-state index >= 15 is 0 Å². The van der Waals surface area contributed by atoms with Gasteiger partial charge < -0.3 is 10.5 Å². The first-order chi connectivity index (χ1) is 11.3. The summed E-state index contributed by atoms with van der Waals surface area (Å²) < 4.78 is 5.52. The lowest BCUT2D eigenvalue weighted by molar-refractivity contribution is 0.418. The summed E-state index contributed by atoms with van der Waals surface area (Å²) in [5.41, 5.74) is 7.20. The largest absolute Gasteiger partial charge is 0.495 e. The second kappa shape index (κ2) is 4.26. The van der Waals surface area contributed by atoms with Crippen molar-refractivity contribution >= 4 is 48.8 Å².